The molecule has 3 aromatic carbocycles. The predicted octanol–water partition coefficient (Wildman–Crippen LogP) is 7.51. The third-order valence-corrected chi connectivity index (χ3v) is 8.40. The predicted molar refractivity (Wildman–Crippen MR) is 132 cm³/mol. The fourth-order valence-corrected chi connectivity index (χ4v) is 6.61. The quantitative estimate of drug-likeness (QED) is 0.391. The molecule has 1 aliphatic heterocycles. The minimum atomic E-state index is -0.506. The van der Waals surface area contributed by atoms with Crippen molar-refractivity contribution in [2.45, 2.75) is 59.3 Å². The van der Waals surface area contributed by atoms with E-state index in [4.69, 9.17) is 4.74 Å². The molecule has 0 N–H and O–H groups in total. The lowest BCUT2D eigenvalue weighted by Crippen LogP contribution is -2.14. The van der Waals surface area contributed by atoms with Crippen LogP contribution in [0.15, 0.2) is 60.7 Å². The Morgan fingerprint density at radius 1 is 0.733 bits per heavy atom. The summed E-state index contributed by atoms with van der Waals surface area (Å²) in [6, 6.07) is 22.5. The average molecular weight is 417 g/mol. The molecule has 0 amide bonds. The molecule has 1 atom stereocenters. The maximum Gasteiger partial charge on any atom is 0.128 e. The Bertz CT molecular complexity index is 1000. The third kappa shape index (κ3) is 3.81. The minimum Gasteiger partial charge on any atom is -0.488 e. The number of hydrogen-bond acceptors (Lipinski definition) is 1. The molecular weight excluding hydrogens is 383 g/mol. The largest absolute Gasteiger partial charge is 0.488 e. The zero-order valence-corrected chi connectivity index (χ0v) is 20.0. The van der Waals surface area contributed by atoms with Crippen LogP contribution in [0, 0.1) is 0 Å². The molecule has 2 heteroatoms. The molecule has 4 rings (SSSR count). The molecule has 1 heterocycles. The van der Waals surface area contributed by atoms with E-state index in [-0.39, 0.29) is 0 Å². The Kier molecular flexibility index (Phi) is 6.03. The number of rotatable bonds is 5. The lowest BCUT2D eigenvalue weighted by Gasteiger charge is -2.25. The van der Waals surface area contributed by atoms with E-state index in [1.807, 2.05) is 0 Å². The van der Waals surface area contributed by atoms with Crippen molar-refractivity contribution in [1.29, 1.82) is 0 Å². The van der Waals surface area contributed by atoms with E-state index in [0.717, 1.165) is 12.1 Å². The second-order valence-corrected chi connectivity index (χ2v) is 11.3. The highest BCUT2D eigenvalue weighted by Crippen LogP contribution is 2.48. The van der Waals surface area contributed by atoms with Gasteiger partial charge in [-0.05, 0) is 64.9 Å². The van der Waals surface area contributed by atoms with E-state index in [1.54, 1.807) is 0 Å². The molecule has 30 heavy (non-hydrogen) atoms. The number of fused-ring (bicyclic) bond motifs is 1. The topological polar surface area (TPSA) is 9.23 Å². The SMILES string of the molecule is CC(C)c1cc(C(C)C)c(-c2cccc3c2[P@](c2ccccc2)CO3)c(C(C)C)c1. The van der Waals surface area contributed by atoms with Crippen LogP contribution < -0.4 is 15.3 Å². The lowest BCUT2D eigenvalue weighted by molar-refractivity contribution is 0.403. The molecule has 3 aromatic rings. The summed E-state index contributed by atoms with van der Waals surface area (Å²) in [5.74, 6) is 2.54. The van der Waals surface area contributed by atoms with Gasteiger partial charge in [0.05, 0.1) is 0 Å². The molecule has 1 nitrogen and oxygen atoms in total. The Labute approximate surface area is 183 Å². The summed E-state index contributed by atoms with van der Waals surface area (Å²) in [5.41, 5.74) is 7.19. The van der Waals surface area contributed by atoms with Crippen LogP contribution in [-0.2, 0) is 0 Å². The number of benzene rings is 3. The molecule has 0 saturated carbocycles. The van der Waals surface area contributed by atoms with E-state index < -0.39 is 7.92 Å². The smallest absolute Gasteiger partial charge is 0.128 e. The van der Waals surface area contributed by atoms with E-state index in [2.05, 4.69) is 102 Å². The van der Waals surface area contributed by atoms with Crippen LogP contribution in [0.2, 0.25) is 0 Å². The van der Waals surface area contributed by atoms with Crippen LogP contribution >= 0.6 is 7.92 Å². The maximum absolute atomic E-state index is 6.22. The van der Waals surface area contributed by atoms with Crippen LogP contribution in [0.3, 0.4) is 0 Å². The van der Waals surface area contributed by atoms with Crippen molar-refractivity contribution in [3.05, 3.63) is 77.4 Å². The summed E-state index contributed by atoms with van der Waals surface area (Å²) in [7, 11) is -0.506. The van der Waals surface area contributed by atoms with Gasteiger partial charge in [0.25, 0.3) is 0 Å². The molecule has 0 radical (unpaired) electrons. The molecule has 0 aromatic heterocycles. The van der Waals surface area contributed by atoms with Gasteiger partial charge in [0.2, 0.25) is 0 Å². The zero-order chi connectivity index (χ0) is 21.4. The van der Waals surface area contributed by atoms with Gasteiger partial charge in [-0.25, -0.2) is 0 Å². The molecule has 156 valence electrons. The van der Waals surface area contributed by atoms with Gasteiger partial charge < -0.3 is 4.74 Å². The highest BCUT2D eigenvalue weighted by Gasteiger charge is 2.31. The molecule has 0 aliphatic carbocycles. The highest BCUT2D eigenvalue weighted by molar-refractivity contribution is 7.73. The second kappa shape index (κ2) is 8.56. The monoisotopic (exact) mass is 416 g/mol. The molecule has 0 bridgehead atoms. The zero-order valence-electron chi connectivity index (χ0n) is 19.1. The first-order valence-corrected chi connectivity index (χ1v) is 12.7. The number of ether oxygens (including phenoxy) is 1. The van der Waals surface area contributed by atoms with Gasteiger partial charge in [-0.15, -0.1) is 0 Å². The van der Waals surface area contributed by atoms with Crippen LogP contribution in [0.5, 0.6) is 5.75 Å². The van der Waals surface area contributed by atoms with Crippen molar-refractivity contribution in [1.82, 2.24) is 0 Å². The molecular formula is C28H33OP. The first-order chi connectivity index (χ1) is 14.4. The Hall–Kier alpha value is -2.11. The summed E-state index contributed by atoms with van der Waals surface area (Å²) in [6.45, 7) is 13.9. The second-order valence-electron chi connectivity index (χ2n) is 9.23. The van der Waals surface area contributed by atoms with Crippen LogP contribution in [-0.4, -0.2) is 6.35 Å². The van der Waals surface area contributed by atoms with Crippen molar-refractivity contribution in [2.24, 2.45) is 0 Å². The van der Waals surface area contributed by atoms with E-state index in [0.29, 0.717) is 17.8 Å². The molecule has 1 aliphatic rings. The molecule has 0 fully saturated rings. The first-order valence-electron chi connectivity index (χ1n) is 11.1. The Morgan fingerprint density at radius 2 is 1.37 bits per heavy atom. The standard InChI is InChI=1S/C28H33OP/c1-18(2)21-15-24(19(3)4)27(25(16-21)20(5)6)23-13-10-14-26-28(23)30(17-29-26)22-11-8-7-9-12-22/h7-16,18-20H,17H2,1-6H3/t30-/m0/s1. The normalized spacial score (nSPS) is 15.7. The van der Waals surface area contributed by atoms with Crippen LogP contribution in [0.4, 0.5) is 0 Å². The van der Waals surface area contributed by atoms with Crippen molar-refractivity contribution in [2.75, 3.05) is 6.35 Å². The van der Waals surface area contributed by atoms with Gasteiger partial charge >= 0.3 is 0 Å². The van der Waals surface area contributed by atoms with Crippen molar-refractivity contribution >= 4 is 18.5 Å². The Morgan fingerprint density at radius 3 is 1.93 bits per heavy atom. The summed E-state index contributed by atoms with van der Waals surface area (Å²) in [4.78, 5) is 0. The van der Waals surface area contributed by atoms with Gasteiger partial charge in [-0.2, -0.15) is 0 Å². The summed E-state index contributed by atoms with van der Waals surface area (Å²) < 4.78 is 6.22. The number of hydrogen-bond donors (Lipinski definition) is 0. The van der Waals surface area contributed by atoms with Gasteiger partial charge in [0, 0.05) is 5.30 Å². The van der Waals surface area contributed by atoms with Gasteiger partial charge in [-0.3, -0.25) is 0 Å². The summed E-state index contributed by atoms with van der Waals surface area (Å²) in [5, 5.41) is 2.81. The maximum atomic E-state index is 6.22. The fraction of sp³-hybridized carbons (Fsp3) is 0.357. The molecule has 0 spiro atoms. The van der Waals surface area contributed by atoms with E-state index >= 15 is 0 Å². The van der Waals surface area contributed by atoms with Gasteiger partial charge in [-0.1, -0.05) is 96.1 Å². The van der Waals surface area contributed by atoms with Crippen molar-refractivity contribution < 1.29 is 4.74 Å². The van der Waals surface area contributed by atoms with Gasteiger partial charge in [0.1, 0.15) is 12.1 Å². The Balaban J connectivity index is 2.00. The van der Waals surface area contributed by atoms with Crippen LogP contribution in [0.1, 0.15) is 76.0 Å². The van der Waals surface area contributed by atoms with E-state index in [1.165, 1.54) is 38.4 Å². The summed E-state index contributed by atoms with van der Waals surface area (Å²) >= 11 is 0. The highest BCUT2D eigenvalue weighted by atomic mass is 31.1. The third-order valence-electron chi connectivity index (χ3n) is 6.09. The first kappa shape index (κ1) is 21.1. The minimum absolute atomic E-state index is 0.470. The van der Waals surface area contributed by atoms with Crippen molar-refractivity contribution in [3.63, 3.8) is 0 Å². The molecule has 0 saturated heterocycles. The van der Waals surface area contributed by atoms with E-state index in [9.17, 15) is 0 Å². The van der Waals surface area contributed by atoms with Crippen molar-refractivity contribution in [3.8, 4) is 16.9 Å². The van der Waals surface area contributed by atoms with Gasteiger partial charge in [0.15, 0.2) is 0 Å². The average Bonchev–Trinajstić information content (AvgIpc) is 3.17. The lowest BCUT2D eigenvalue weighted by atomic mass is 9.82. The summed E-state index contributed by atoms with van der Waals surface area (Å²) in [6.07, 6.45) is 0.782. The fourth-order valence-electron chi connectivity index (χ4n) is 4.40. The van der Waals surface area contributed by atoms with Crippen LogP contribution in [0.25, 0.3) is 11.1 Å². The molecule has 0 unspecified atom stereocenters.